The minimum atomic E-state index is -3.56. The molecule has 0 spiro atoms. The molecule has 10 atom stereocenters. The van der Waals surface area contributed by atoms with Crippen molar-refractivity contribution in [2.24, 2.45) is 0 Å². The van der Waals surface area contributed by atoms with Crippen LogP contribution in [0.2, 0.25) is 0 Å². The number of thioether (sulfide) groups is 1. The normalized spacial score (nSPS) is 22.2. The molecule has 0 aromatic heterocycles. The van der Waals surface area contributed by atoms with Crippen molar-refractivity contribution in [2.75, 3.05) is 42.3 Å². The molecule has 0 N–H and O–H groups in total. The molecule has 10 unspecified atom stereocenters. The quantitative estimate of drug-likeness (QED) is 0.163. The second-order valence-corrected chi connectivity index (χ2v) is 25.8. The Bertz CT molecular complexity index is 3210. The molecule has 0 saturated heterocycles. The Morgan fingerprint density at radius 1 is 0.435 bits per heavy atom. The molecular weight excluding hydrogens is 1110 g/mol. The van der Waals surface area contributed by atoms with Crippen LogP contribution < -0.4 is 0 Å². The van der Waals surface area contributed by atoms with Crippen molar-refractivity contribution in [1.29, 1.82) is 0 Å². The highest BCUT2D eigenvalue weighted by Gasteiger charge is 2.51. The third kappa shape index (κ3) is 16.0. The number of carbonyl (C=O) groups is 3. The summed E-state index contributed by atoms with van der Waals surface area (Å²) in [5.74, 6) is 1.57. The molecular formula is C73H103N3O6S3. The third-order valence-corrected chi connectivity index (χ3v) is 21.6. The summed E-state index contributed by atoms with van der Waals surface area (Å²) in [6.07, 6.45) is 3.89. The average Bonchev–Trinajstić information content (AvgIpc) is 1.89. The fourth-order valence-corrected chi connectivity index (χ4v) is 18.3. The van der Waals surface area contributed by atoms with E-state index in [1.807, 2.05) is 157 Å². The fourth-order valence-electron chi connectivity index (χ4n) is 12.6. The monoisotopic (exact) mass is 1210 g/mol. The van der Waals surface area contributed by atoms with Crippen molar-refractivity contribution in [2.45, 2.75) is 195 Å². The Balaban J connectivity index is 0.000000305. The summed E-state index contributed by atoms with van der Waals surface area (Å²) in [5, 5.41) is -0.525. The van der Waals surface area contributed by atoms with E-state index in [1.54, 1.807) is 50.1 Å². The maximum Gasteiger partial charge on any atom is 0.223 e. The highest BCUT2D eigenvalue weighted by atomic mass is 32.2. The summed E-state index contributed by atoms with van der Waals surface area (Å²) in [6, 6.07) is 49.4. The van der Waals surface area contributed by atoms with Crippen LogP contribution in [0, 0.1) is 0 Å². The highest BCUT2D eigenvalue weighted by molar-refractivity contribution is 8.00. The molecule has 85 heavy (non-hydrogen) atoms. The van der Waals surface area contributed by atoms with Gasteiger partial charge in [0.1, 0.15) is 0 Å². The Morgan fingerprint density at radius 3 is 1.28 bits per heavy atom. The molecule has 0 fully saturated rings. The van der Waals surface area contributed by atoms with Crippen LogP contribution in [0.15, 0.2) is 160 Å². The van der Waals surface area contributed by atoms with Crippen molar-refractivity contribution < 1.29 is 27.0 Å². The Kier molecular flexibility index (Phi) is 30.3. The molecule has 6 aromatic rings. The van der Waals surface area contributed by atoms with E-state index in [0.717, 1.165) is 35.3 Å². The molecule has 6 aliphatic rings. The zero-order valence-electron chi connectivity index (χ0n) is 53.8. The van der Waals surface area contributed by atoms with Crippen LogP contribution in [0.3, 0.4) is 0 Å². The van der Waals surface area contributed by atoms with Gasteiger partial charge in [0.2, 0.25) is 17.7 Å². The second kappa shape index (κ2) is 35.1. The van der Waals surface area contributed by atoms with Gasteiger partial charge < -0.3 is 14.7 Å². The lowest BCUT2D eigenvalue weighted by atomic mass is 9.82. The first-order valence-electron chi connectivity index (χ1n) is 31.1. The number of hydrogen-bond acceptors (Lipinski definition) is 7. The van der Waals surface area contributed by atoms with Crippen LogP contribution in [0.1, 0.15) is 195 Å². The van der Waals surface area contributed by atoms with Gasteiger partial charge >= 0.3 is 0 Å². The van der Waals surface area contributed by atoms with Crippen molar-refractivity contribution in [3.05, 3.63) is 196 Å². The van der Waals surface area contributed by atoms with Crippen LogP contribution in [-0.2, 0) is 54.3 Å². The minimum absolute atomic E-state index is 0. The standard InChI is InChI=1S/C20H21NO3S.C20H21NO2S.C20H21NOS.6C2H6.CH4/c1-21(2)19(22)12-18-20-14-8-4-3-7-13(14)11-16(20)15-9-5-6-10-17(15)25(18,23)24;1-21(2)19(22)12-18-20-14-8-4-3-7-13(14)11-16(20)15-9-5-6-10-17(15)24(18)23;1-21(2)19(22)12-18-20-14-8-4-3-7-13(14)11-16(20)15-9-5-6-10-17(15)23-18;6*1-2;/h3-10,16,18,20H,11-12H2,1-2H3;3-10,16,18,20H,11-12H2,1-2H3;3-10,16,18,20H,11-12H2,1-2H3;6*1-2H3;1H4. The molecule has 0 saturated carbocycles. The van der Waals surface area contributed by atoms with Crippen molar-refractivity contribution >= 4 is 50.1 Å². The lowest BCUT2D eigenvalue weighted by molar-refractivity contribution is -0.129. The van der Waals surface area contributed by atoms with Gasteiger partial charge in [0.25, 0.3) is 0 Å². The zero-order chi connectivity index (χ0) is 62.6. The van der Waals surface area contributed by atoms with Crippen LogP contribution in [0.5, 0.6) is 0 Å². The Morgan fingerprint density at radius 2 is 0.788 bits per heavy atom. The van der Waals surface area contributed by atoms with E-state index >= 15 is 0 Å². The molecule has 6 aromatic carbocycles. The average molecular weight is 1210 g/mol. The molecule has 12 rings (SSSR count). The van der Waals surface area contributed by atoms with Gasteiger partial charge in [0.15, 0.2) is 9.84 Å². The van der Waals surface area contributed by atoms with E-state index in [2.05, 4.69) is 84.9 Å². The van der Waals surface area contributed by atoms with E-state index < -0.39 is 25.9 Å². The van der Waals surface area contributed by atoms with Crippen molar-refractivity contribution in [1.82, 2.24) is 14.7 Å². The molecule has 3 amide bonds. The summed E-state index contributed by atoms with van der Waals surface area (Å²) < 4.78 is 40.0. The van der Waals surface area contributed by atoms with Crippen LogP contribution in [-0.4, -0.2) is 103 Å². The van der Waals surface area contributed by atoms with Gasteiger partial charge in [0, 0.05) is 94.3 Å². The number of benzene rings is 6. The zero-order valence-corrected chi connectivity index (χ0v) is 56.3. The Labute approximate surface area is 521 Å². The summed E-state index contributed by atoms with van der Waals surface area (Å²) in [7, 11) is 5.87. The maximum absolute atomic E-state index is 13.3. The third-order valence-electron chi connectivity index (χ3n) is 16.1. The highest BCUT2D eigenvalue weighted by Crippen LogP contribution is 2.58. The van der Waals surface area contributed by atoms with Gasteiger partial charge in [-0.25, -0.2) is 8.42 Å². The molecule has 9 nitrogen and oxygen atoms in total. The fraction of sp³-hybridized carbons (Fsp3) is 0.466. The van der Waals surface area contributed by atoms with E-state index in [9.17, 15) is 27.0 Å². The minimum Gasteiger partial charge on any atom is -0.349 e. The molecule has 464 valence electrons. The van der Waals surface area contributed by atoms with Gasteiger partial charge in [-0.05, 0) is 105 Å². The van der Waals surface area contributed by atoms with Gasteiger partial charge in [-0.15, -0.1) is 11.8 Å². The maximum atomic E-state index is 13.3. The predicted octanol–water partition coefficient (Wildman–Crippen LogP) is 16.7. The summed E-state index contributed by atoms with van der Waals surface area (Å²) in [6.45, 7) is 24.0. The topological polar surface area (TPSA) is 112 Å². The van der Waals surface area contributed by atoms with Crippen LogP contribution in [0.25, 0.3) is 0 Å². The number of nitrogens with zero attached hydrogens (tertiary/aromatic N) is 3. The van der Waals surface area contributed by atoms with Crippen molar-refractivity contribution in [3.63, 3.8) is 0 Å². The summed E-state index contributed by atoms with van der Waals surface area (Å²) in [5.41, 5.74) is 11.4. The molecule has 12 heteroatoms. The first kappa shape index (κ1) is 73.4. The molecule has 3 heterocycles. The molecule has 0 bridgehead atoms. The lowest BCUT2D eigenvalue weighted by Gasteiger charge is -2.36. The Hall–Kier alpha value is -5.82. The second-order valence-electron chi connectivity index (χ2n) is 20.8. The summed E-state index contributed by atoms with van der Waals surface area (Å²) in [4.78, 5) is 44.6. The smallest absolute Gasteiger partial charge is 0.223 e. The van der Waals surface area contributed by atoms with E-state index in [4.69, 9.17) is 0 Å². The SMILES string of the molecule is C.CC.CC.CC.CC.CC.CC.CN(C)C(=O)CC1C2c3ccccc3CC2c2ccccc2S1(=O)=O.CN(C)C(=O)CC1C2c3ccccc3CC2c2ccccc2S1=O.CN(C)C(=O)CC1Sc2ccccc2C2Cc3ccccc3C12. The van der Waals surface area contributed by atoms with Gasteiger partial charge in [0.05, 0.1) is 26.2 Å². The number of rotatable bonds is 6. The first-order chi connectivity index (χ1) is 40.6. The van der Waals surface area contributed by atoms with Gasteiger partial charge in [-0.1, -0.05) is 218 Å². The predicted molar refractivity (Wildman–Crippen MR) is 362 cm³/mol. The first-order valence-corrected chi connectivity index (χ1v) is 34.7. The van der Waals surface area contributed by atoms with Crippen LogP contribution in [0.4, 0.5) is 0 Å². The summed E-state index contributed by atoms with van der Waals surface area (Å²) >= 11 is 1.90. The number of sulfone groups is 1. The molecule has 0 radical (unpaired) electrons. The molecule has 3 aliphatic heterocycles. The largest absolute Gasteiger partial charge is 0.349 e. The van der Waals surface area contributed by atoms with Crippen LogP contribution >= 0.6 is 11.8 Å². The number of hydrogen-bond donors (Lipinski definition) is 0. The lowest BCUT2D eigenvalue weighted by Crippen LogP contribution is -2.39. The van der Waals surface area contributed by atoms with Crippen molar-refractivity contribution in [3.8, 4) is 0 Å². The number of amides is 3. The number of fused-ring (bicyclic) bond motifs is 15. The van der Waals surface area contributed by atoms with E-state index in [-0.39, 0.29) is 54.6 Å². The molecule has 3 aliphatic carbocycles. The van der Waals surface area contributed by atoms with E-state index in [1.165, 1.54) is 48.7 Å². The van der Waals surface area contributed by atoms with Gasteiger partial charge in [-0.3, -0.25) is 18.6 Å². The van der Waals surface area contributed by atoms with E-state index in [0.29, 0.717) is 40.7 Å². The number of carbonyl (C=O) groups excluding carboxylic acids is 3. The van der Waals surface area contributed by atoms with Gasteiger partial charge in [-0.2, -0.15) is 0 Å².